The van der Waals surface area contributed by atoms with Gasteiger partial charge < -0.3 is 4.57 Å². The standard InChI is InChI=1S/C14H19N3/c1-11-5-7-12(8-6-11)9-13-16-15-10-17(13)14(2,3)4/h5-8,10H,9H2,1-4H3. The van der Waals surface area contributed by atoms with Crippen molar-refractivity contribution in [1.29, 1.82) is 0 Å². The molecule has 1 aromatic carbocycles. The molecule has 90 valence electrons. The van der Waals surface area contributed by atoms with E-state index in [-0.39, 0.29) is 5.54 Å². The van der Waals surface area contributed by atoms with Gasteiger partial charge in [0.15, 0.2) is 0 Å². The molecule has 0 radical (unpaired) electrons. The van der Waals surface area contributed by atoms with Gasteiger partial charge in [-0.15, -0.1) is 10.2 Å². The Balaban J connectivity index is 2.25. The molecular formula is C14H19N3. The number of nitrogens with zero attached hydrogens (tertiary/aromatic N) is 3. The summed E-state index contributed by atoms with van der Waals surface area (Å²) in [5, 5.41) is 8.23. The van der Waals surface area contributed by atoms with Crippen molar-refractivity contribution >= 4 is 0 Å². The van der Waals surface area contributed by atoms with Gasteiger partial charge in [0.1, 0.15) is 12.2 Å². The third-order valence-corrected chi connectivity index (χ3v) is 2.82. The van der Waals surface area contributed by atoms with Gasteiger partial charge in [0, 0.05) is 12.0 Å². The summed E-state index contributed by atoms with van der Waals surface area (Å²) in [6, 6.07) is 8.56. The lowest BCUT2D eigenvalue weighted by atomic mass is 10.1. The van der Waals surface area contributed by atoms with Gasteiger partial charge in [-0.05, 0) is 33.3 Å². The number of aryl methyl sites for hydroxylation is 1. The average molecular weight is 229 g/mol. The Morgan fingerprint density at radius 1 is 1.12 bits per heavy atom. The lowest BCUT2D eigenvalue weighted by molar-refractivity contribution is 0.384. The molecule has 0 aliphatic heterocycles. The van der Waals surface area contributed by atoms with Gasteiger partial charge in [-0.25, -0.2) is 0 Å². The summed E-state index contributed by atoms with van der Waals surface area (Å²) in [4.78, 5) is 0. The van der Waals surface area contributed by atoms with E-state index in [1.165, 1.54) is 11.1 Å². The molecule has 0 bridgehead atoms. The molecule has 0 unspecified atom stereocenters. The Hall–Kier alpha value is -1.64. The van der Waals surface area contributed by atoms with Crippen LogP contribution in [0.2, 0.25) is 0 Å². The van der Waals surface area contributed by atoms with Crippen molar-refractivity contribution < 1.29 is 0 Å². The molecule has 1 heterocycles. The minimum Gasteiger partial charge on any atom is -0.312 e. The molecule has 0 N–H and O–H groups in total. The van der Waals surface area contributed by atoms with E-state index in [9.17, 15) is 0 Å². The normalized spacial score (nSPS) is 11.8. The van der Waals surface area contributed by atoms with Crippen LogP contribution < -0.4 is 0 Å². The topological polar surface area (TPSA) is 30.7 Å². The lowest BCUT2D eigenvalue weighted by Crippen LogP contribution is -2.23. The van der Waals surface area contributed by atoms with Crippen LogP contribution in [0.4, 0.5) is 0 Å². The molecule has 0 saturated carbocycles. The summed E-state index contributed by atoms with van der Waals surface area (Å²) >= 11 is 0. The molecule has 2 rings (SSSR count). The summed E-state index contributed by atoms with van der Waals surface area (Å²) < 4.78 is 2.13. The maximum atomic E-state index is 4.21. The van der Waals surface area contributed by atoms with Crippen molar-refractivity contribution in [3.8, 4) is 0 Å². The van der Waals surface area contributed by atoms with E-state index < -0.39 is 0 Å². The van der Waals surface area contributed by atoms with Crippen LogP contribution in [0.5, 0.6) is 0 Å². The molecule has 0 spiro atoms. The summed E-state index contributed by atoms with van der Waals surface area (Å²) in [6.45, 7) is 8.58. The zero-order valence-corrected chi connectivity index (χ0v) is 10.9. The number of hydrogen-bond acceptors (Lipinski definition) is 2. The van der Waals surface area contributed by atoms with Crippen molar-refractivity contribution in [3.05, 3.63) is 47.5 Å². The summed E-state index contributed by atoms with van der Waals surface area (Å²) in [5.74, 6) is 1.02. The Labute approximate surface area is 103 Å². The average Bonchev–Trinajstić information content (AvgIpc) is 2.69. The predicted molar refractivity (Wildman–Crippen MR) is 69.0 cm³/mol. The molecule has 0 saturated heterocycles. The number of aromatic nitrogens is 3. The highest BCUT2D eigenvalue weighted by molar-refractivity contribution is 5.24. The number of hydrogen-bond donors (Lipinski definition) is 0. The van der Waals surface area contributed by atoms with E-state index in [2.05, 4.69) is 66.7 Å². The van der Waals surface area contributed by atoms with Crippen molar-refractivity contribution in [2.45, 2.75) is 39.7 Å². The van der Waals surface area contributed by atoms with Crippen molar-refractivity contribution in [3.63, 3.8) is 0 Å². The van der Waals surface area contributed by atoms with Gasteiger partial charge in [-0.3, -0.25) is 0 Å². The van der Waals surface area contributed by atoms with Crippen LogP contribution in [0.25, 0.3) is 0 Å². The fraction of sp³-hybridized carbons (Fsp3) is 0.429. The van der Waals surface area contributed by atoms with Crippen LogP contribution in [0.15, 0.2) is 30.6 Å². The quantitative estimate of drug-likeness (QED) is 0.792. The maximum Gasteiger partial charge on any atom is 0.137 e. The second-order valence-corrected chi connectivity index (χ2v) is 5.45. The molecule has 0 aliphatic rings. The second-order valence-electron chi connectivity index (χ2n) is 5.45. The highest BCUT2D eigenvalue weighted by Gasteiger charge is 2.17. The van der Waals surface area contributed by atoms with Gasteiger partial charge in [0.05, 0.1) is 0 Å². The molecule has 3 nitrogen and oxygen atoms in total. The molecule has 1 aromatic heterocycles. The molecular weight excluding hydrogens is 210 g/mol. The first kappa shape index (κ1) is 11.8. The number of rotatable bonds is 2. The van der Waals surface area contributed by atoms with Crippen molar-refractivity contribution in [1.82, 2.24) is 14.8 Å². The van der Waals surface area contributed by atoms with E-state index in [0.717, 1.165) is 12.2 Å². The molecule has 0 atom stereocenters. The van der Waals surface area contributed by atoms with E-state index in [1.807, 2.05) is 6.33 Å². The van der Waals surface area contributed by atoms with E-state index >= 15 is 0 Å². The summed E-state index contributed by atoms with van der Waals surface area (Å²) in [7, 11) is 0. The second kappa shape index (κ2) is 4.32. The summed E-state index contributed by atoms with van der Waals surface area (Å²) in [6.07, 6.45) is 2.64. The predicted octanol–water partition coefficient (Wildman–Crippen LogP) is 2.93. The zero-order valence-electron chi connectivity index (χ0n) is 10.9. The third kappa shape index (κ3) is 2.73. The Bertz CT molecular complexity index is 489. The Kier molecular flexibility index (Phi) is 3.01. The van der Waals surface area contributed by atoms with Gasteiger partial charge in [-0.1, -0.05) is 29.8 Å². The minimum atomic E-state index is 0.0313. The molecule has 0 fully saturated rings. The van der Waals surface area contributed by atoms with Gasteiger partial charge in [0.2, 0.25) is 0 Å². The van der Waals surface area contributed by atoms with E-state index in [4.69, 9.17) is 0 Å². The Morgan fingerprint density at radius 2 is 1.76 bits per heavy atom. The van der Waals surface area contributed by atoms with Gasteiger partial charge in [0.25, 0.3) is 0 Å². The highest BCUT2D eigenvalue weighted by atomic mass is 15.3. The lowest BCUT2D eigenvalue weighted by Gasteiger charge is -2.22. The molecule has 3 heteroatoms. The maximum absolute atomic E-state index is 4.21. The zero-order chi connectivity index (χ0) is 12.5. The van der Waals surface area contributed by atoms with Crippen LogP contribution in [-0.2, 0) is 12.0 Å². The SMILES string of the molecule is Cc1ccc(Cc2nncn2C(C)(C)C)cc1. The third-order valence-electron chi connectivity index (χ3n) is 2.82. The van der Waals surface area contributed by atoms with Gasteiger partial charge in [-0.2, -0.15) is 0 Å². The fourth-order valence-corrected chi connectivity index (χ4v) is 1.83. The molecule has 0 amide bonds. The highest BCUT2D eigenvalue weighted by Crippen LogP contribution is 2.17. The van der Waals surface area contributed by atoms with Crippen molar-refractivity contribution in [2.24, 2.45) is 0 Å². The first-order valence-corrected chi connectivity index (χ1v) is 5.92. The summed E-state index contributed by atoms with van der Waals surface area (Å²) in [5.41, 5.74) is 2.59. The van der Waals surface area contributed by atoms with E-state index in [0.29, 0.717) is 0 Å². The van der Waals surface area contributed by atoms with Crippen molar-refractivity contribution in [2.75, 3.05) is 0 Å². The number of benzene rings is 1. The van der Waals surface area contributed by atoms with Gasteiger partial charge >= 0.3 is 0 Å². The molecule has 0 aliphatic carbocycles. The van der Waals surface area contributed by atoms with Crippen LogP contribution in [-0.4, -0.2) is 14.8 Å². The molecule has 17 heavy (non-hydrogen) atoms. The largest absolute Gasteiger partial charge is 0.312 e. The van der Waals surface area contributed by atoms with Crippen LogP contribution in [0.3, 0.4) is 0 Å². The molecule has 2 aromatic rings. The Morgan fingerprint density at radius 3 is 2.35 bits per heavy atom. The minimum absolute atomic E-state index is 0.0313. The van der Waals surface area contributed by atoms with Crippen LogP contribution >= 0.6 is 0 Å². The van der Waals surface area contributed by atoms with Crippen LogP contribution in [0, 0.1) is 6.92 Å². The smallest absolute Gasteiger partial charge is 0.137 e. The first-order chi connectivity index (χ1) is 7.97. The monoisotopic (exact) mass is 229 g/mol. The van der Waals surface area contributed by atoms with Crippen LogP contribution in [0.1, 0.15) is 37.7 Å². The first-order valence-electron chi connectivity index (χ1n) is 5.92. The fourth-order valence-electron chi connectivity index (χ4n) is 1.83. The van der Waals surface area contributed by atoms with E-state index in [1.54, 1.807) is 0 Å².